The fourth-order valence-electron chi connectivity index (χ4n) is 5.41. The van der Waals surface area contributed by atoms with Crippen molar-refractivity contribution in [3.05, 3.63) is 40.8 Å². The molecule has 5 rings (SSSR count). The molecule has 1 aromatic carbocycles. The highest BCUT2D eigenvalue weighted by Crippen LogP contribution is 2.37. The molecule has 2 N–H and O–H groups in total. The lowest BCUT2D eigenvalue weighted by molar-refractivity contribution is 0.131. The first kappa shape index (κ1) is 29.8. The van der Waals surface area contributed by atoms with Crippen LogP contribution in [0.25, 0.3) is 34.2 Å². The Labute approximate surface area is 247 Å². The maximum absolute atomic E-state index is 10.3. The molecule has 2 atom stereocenters. The van der Waals surface area contributed by atoms with E-state index < -0.39 is 6.10 Å². The molecule has 0 amide bonds. The van der Waals surface area contributed by atoms with Gasteiger partial charge in [-0.15, -0.1) is 5.10 Å². The molecule has 4 heterocycles. The number of hydrogen-bond acceptors (Lipinski definition) is 8. The number of aryl methyl sites for hydroxylation is 1. The Bertz CT molecular complexity index is 1550. The summed E-state index contributed by atoms with van der Waals surface area (Å²) in [6.45, 7) is 15.4. The van der Waals surface area contributed by atoms with E-state index in [2.05, 4.69) is 41.1 Å². The third kappa shape index (κ3) is 6.23. The Balaban J connectivity index is 1.71. The molecule has 0 saturated heterocycles. The van der Waals surface area contributed by atoms with Gasteiger partial charge >= 0.3 is 0 Å². The fraction of sp³-hybridized carbons (Fsp3) is 0.516. The van der Waals surface area contributed by atoms with Crippen molar-refractivity contribution in [1.29, 1.82) is 0 Å². The zero-order chi connectivity index (χ0) is 30.0. The molecule has 0 fully saturated rings. The molecule has 0 unspecified atom stereocenters. The smallest absolute Gasteiger partial charge is 0.240 e. The number of aromatic nitrogens is 6. The molecule has 0 radical (unpaired) electrons. The Kier molecular flexibility index (Phi) is 9.00. The summed E-state index contributed by atoms with van der Waals surface area (Å²) < 4.78 is 22.3. The van der Waals surface area contributed by atoms with E-state index in [9.17, 15) is 5.11 Å². The van der Waals surface area contributed by atoms with E-state index in [1.807, 2.05) is 50.7 Å². The van der Waals surface area contributed by atoms with Crippen molar-refractivity contribution >= 4 is 23.1 Å². The number of hydrogen-bond donors (Lipinski definition) is 2. The number of ether oxygens (including phenoxy) is 3. The van der Waals surface area contributed by atoms with Gasteiger partial charge in [0.05, 0.1) is 59.1 Å². The third-order valence-corrected chi connectivity index (χ3v) is 7.30. The summed E-state index contributed by atoms with van der Waals surface area (Å²) in [4.78, 5) is 2.32. The Hall–Kier alpha value is -3.67. The topological polar surface area (TPSA) is 115 Å². The zero-order valence-corrected chi connectivity index (χ0v) is 25.7. The monoisotopic (exact) mass is 577 g/mol. The lowest BCUT2D eigenvalue weighted by atomic mass is 10.0. The second-order valence-electron chi connectivity index (χ2n) is 11.2. The van der Waals surface area contributed by atoms with Crippen molar-refractivity contribution in [2.75, 3.05) is 19.7 Å². The molecular formula is C31H43N7O4. The summed E-state index contributed by atoms with van der Waals surface area (Å²) in [5, 5.41) is 28.7. The number of benzene rings is 1. The predicted molar refractivity (Wildman–Crippen MR) is 163 cm³/mol. The summed E-state index contributed by atoms with van der Waals surface area (Å²) in [5.74, 6) is 1.25. The fourth-order valence-corrected chi connectivity index (χ4v) is 5.41. The zero-order valence-electron chi connectivity index (χ0n) is 25.7. The molecule has 0 saturated carbocycles. The highest BCUT2D eigenvalue weighted by atomic mass is 16.5. The lowest BCUT2D eigenvalue weighted by Crippen LogP contribution is -2.35. The van der Waals surface area contributed by atoms with E-state index in [1.165, 1.54) is 0 Å². The van der Waals surface area contributed by atoms with Gasteiger partial charge in [-0.05, 0) is 71.0 Å². The molecule has 0 spiro atoms. The summed E-state index contributed by atoms with van der Waals surface area (Å²) >= 11 is 0. The van der Waals surface area contributed by atoms with E-state index in [0.717, 1.165) is 51.2 Å². The Morgan fingerprint density at radius 2 is 1.98 bits per heavy atom. The molecule has 2 bridgehead atoms. The minimum Gasteiger partial charge on any atom is -0.473 e. The highest BCUT2D eigenvalue weighted by molar-refractivity contribution is 5.93. The number of nitrogens with one attached hydrogen (secondary N) is 1. The third-order valence-electron chi connectivity index (χ3n) is 7.30. The van der Waals surface area contributed by atoms with Crippen LogP contribution in [0.4, 0.5) is 0 Å². The normalized spacial score (nSPS) is 17.5. The largest absolute Gasteiger partial charge is 0.473 e. The molecule has 226 valence electrons. The maximum atomic E-state index is 10.3. The van der Waals surface area contributed by atoms with Crippen molar-refractivity contribution < 1.29 is 19.3 Å². The number of likely N-dealkylation sites (N-methyl/N-ethyl adjacent to an activating group) is 1. The maximum Gasteiger partial charge on any atom is 0.240 e. The van der Waals surface area contributed by atoms with Crippen molar-refractivity contribution in [3.63, 3.8) is 0 Å². The molecule has 4 aromatic rings. The van der Waals surface area contributed by atoms with E-state index >= 15 is 0 Å². The number of aromatic amines is 1. The van der Waals surface area contributed by atoms with Gasteiger partial charge in [-0.25, -0.2) is 4.68 Å². The van der Waals surface area contributed by atoms with Gasteiger partial charge in [0.25, 0.3) is 0 Å². The summed E-state index contributed by atoms with van der Waals surface area (Å²) in [6.07, 6.45) is 3.30. The minimum atomic E-state index is -0.567. The van der Waals surface area contributed by atoms with Crippen LogP contribution in [0.2, 0.25) is 0 Å². The molecule has 1 aliphatic heterocycles. The van der Waals surface area contributed by atoms with Gasteiger partial charge in [0.2, 0.25) is 11.8 Å². The van der Waals surface area contributed by atoms with Gasteiger partial charge in [-0.1, -0.05) is 13.0 Å². The average Bonchev–Trinajstić information content (AvgIpc) is 3.57. The standard InChI is InChI=1S/C31H43N7O4/c1-8-37-16-21(6)42-31-29(27(18-40-9-2)34-36(31)7)22-10-12-25-24(14-22)26(33-32-25)13-11-23-28(17-37)38(15-20(5)39)35-30(23)41-19(3)4/h10-14,19-21,39H,8-9,15-18H2,1-7H3,(H,32,33)/b13-11+/t20-,21-/m0/s1. The first-order valence-corrected chi connectivity index (χ1v) is 14.8. The number of aliphatic hydroxyl groups is 1. The molecule has 1 aliphatic rings. The van der Waals surface area contributed by atoms with E-state index in [1.54, 1.807) is 11.6 Å². The van der Waals surface area contributed by atoms with Gasteiger partial charge in [-0.3, -0.25) is 14.7 Å². The first-order valence-electron chi connectivity index (χ1n) is 14.8. The van der Waals surface area contributed by atoms with Gasteiger partial charge in [0, 0.05) is 32.1 Å². The Morgan fingerprint density at radius 1 is 1.17 bits per heavy atom. The van der Waals surface area contributed by atoms with Crippen LogP contribution in [0.15, 0.2) is 18.2 Å². The number of H-pyrrole nitrogens is 1. The lowest BCUT2D eigenvalue weighted by Gasteiger charge is -2.26. The predicted octanol–water partition coefficient (Wildman–Crippen LogP) is 4.64. The number of fused-ring (bicyclic) bond motifs is 4. The van der Waals surface area contributed by atoms with Crippen molar-refractivity contribution in [1.82, 2.24) is 34.7 Å². The van der Waals surface area contributed by atoms with E-state index in [0.29, 0.717) is 44.6 Å². The van der Waals surface area contributed by atoms with Gasteiger partial charge in [0.1, 0.15) is 6.10 Å². The molecule has 3 aromatic heterocycles. The van der Waals surface area contributed by atoms with Crippen LogP contribution in [-0.4, -0.2) is 77.8 Å². The van der Waals surface area contributed by atoms with Crippen molar-refractivity contribution in [2.45, 2.75) is 79.6 Å². The van der Waals surface area contributed by atoms with Crippen LogP contribution in [0.3, 0.4) is 0 Å². The Morgan fingerprint density at radius 3 is 2.69 bits per heavy atom. The number of aliphatic hydroxyl groups excluding tert-OH is 1. The SMILES string of the molecule is CCOCc1nn(C)c2c1-c1ccc3n[nH]c(c3c1)/C=C/c1c(OC(C)C)nn(C[C@H](C)O)c1CN(CC)C[C@H](C)O2. The molecule has 11 heteroatoms. The number of nitrogens with zero attached hydrogens (tertiary/aromatic N) is 6. The van der Waals surface area contributed by atoms with Gasteiger partial charge in [0.15, 0.2) is 0 Å². The quantitative estimate of drug-likeness (QED) is 0.311. The van der Waals surface area contributed by atoms with Crippen molar-refractivity contribution in [3.8, 4) is 22.9 Å². The van der Waals surface area contributed by atoms with Gasteiger partial charge in [-0.2, -0.15) is 10.2 Å². The molecule has 0 aliphatic carbocycles. The molecule has 42 heavy (non-hydrogen) atoms. The number of rotatable bonds is 8. The van der Waals surface area contributed by atoms with Gasteiger partial charge < -0.3 is 19.3 Å². The van der Waals surface area contributed by atoms with Crippen LogP contribution in [0, 0.1) is 0 Å². The second kappa shape index (κ2) is 12.7. The van der Waals surface area contributed by atoms with Crippen LogP contribution < -0.4 is 9.47 Å². The molecular weight excluding hydrogens is 534 g/mol. The summed E-state index contributed by atoms with van der Waals surface area (Å²) in [6, 6.07) is 6.20. The van der Waals surface area contributed by atoms with Crippen LogP contribution >= 0.6 is 0 Å². The first-order chi connectivity index (χ1) is 20.2. The van der Waals surface area contributed by atoms with Crippen LogP contribution in [-0.2, 0) is 31.5 Å². The minimum absolute atomic E-state index is 0.0572. The van der Waals surface area contributed by atoms with E-state index in [-0.39, 0.29) is 12.2 Å². The van der Waals surface area contributed by atoms with Crippen LogP contribution in [0.1, 0.15) is 64.2 Å². The van der Waals surface area contributed by atoms with Crippen molar-refractivity contribution in [2.24, 2.45) is 7.05 Å². The molecule has 11 nitrogen and oxygen atoms in total. The van der Waals surface area contributed by atoms with E-state index in [4.69, 9.17) is 24.4 Å². The van der Waals surface area contributed by atoms with Crippen LogP contribution in [0.5, 0.6) is 11.8 Å². The highest BCUT2D eigenvalue weighted by Gasteiger charge is 2.26. The summed E-state index contributed by atoms with van der Waals surface area (Å²) in [5.41, 5.74) is 6.32. The second-order valence-corrected chi connectivity index (χ2v) is 11.2. The summed E-state index contributed by atoms with van der Waals surface area (Å²) in [7, 11) is 1.91. The average molecular weight is 578 g/mol.